The molecule has 0 bridgehead atoms. The van der Waals surface area contributed by atoms with E-state index >= 15 is 0 Å². The van der Waals surface area contributed by atoms with Crippen LogP contribution in [0.3, 0.4) is 0 Å². The third kappa shape index (κ3) is 4.10. The first-order valence-electron chi connectivity index (χ1n) is 4.32. The van der Waals surface area contributed by atoms with Crippen molar-refractivity contribution in [3.63, 3.8) is 0 Å². The van der Waals surface area contributed by atoms with E-state index in [1.807, 2.05) is 0 Å². The minimum absolute atomic E-state index is 0. The van der Waals surface area contributed by atoms with E-state index in [9.17, 15) is 65.7 Å². The van der Waals surface area contributed by atoms with Crippen molar-refractivity contribution < 1.29 is 117 Å². The van der Waals surface area contributed by atoms with E-state index in [2.05, 4.69) is 0 Å². The van der Waals surface area contributed by atoms with E-state index in [1.165, 1.54) is 0 Å². The summed E-state index contributed by atoms with van der Waals surface area (Å²) in [5.74, 6) is -31.0. The zero-order chi connectivity index (χ0) is 18.6. The largest absolute Gasteiger partial charge is 1.00 e. The van der Waals surface area contributed by atoms with E-state index in [1.54, 1.807) is 0 Å². The van der Waals surface area contributed by atoms with Crippen LogP contribution >= 0.6 is 0 Å². The molecule has 0 N–H and O–H groups in total. The SMILES string of the molecule is O=S(=O)([O-])C(F)C(F)(F)C(F)(F)C(F)(F)C(F)(F)C(F)(F)F.[K+]. The van der Waals surface area contributed by atoms with E-state index in [0.29, 0.717) is 0 Å². The Bertz CT molecular complexity index is 525. The molecule has 17 heteroatoms. The fourth-order valence-electron chi connectivity index (χ4n) is 0.908. The first-order valence-corrected chi connectivity index (χ1v) is 5.79. The van der Waals surface area contributed by atoms with Crippen LogP contribution in [0.25, 0.3) is 0 Å². The Morgan fingerprint density at radius 1 is 0.696 bits per heavy atom. The molecule has 0 saturated heterocycles. The van der Waals surface area contributed by atoms with Gasteiger partial charge >= 0.3 is 81.3 Å². The van der Waals surface area contributed by atoms with Crippen LogP contribution in [0.1, 0.15) is 0 Å². The van der Waals surface area contributed by atoms with Gasteiger partial charge in [0.1, 0.15) is 10.1 Å². The summed E-state index contributed by atoms with van der Waals surface area (Å²) in [6.45, 7) is 0. The number of halogens is 12. The van der Waals surface area contributed by atoms with Crippen molar-refractivity contribution >= 4 is 10.1 Å². The van der Waals surface area contributed by atoms with E-state index in [0.717, 1.165) is 0 Å². The number of hydrogen-bond acceptors (Lipinski definition) is 3. The van der Waals surface area contributed by atoms with Gasteiger partial charge in [0.25, 0.3) is 5.50 Å². The van der Waals surface area contributed by atoms with Gasteiger partial charge in [-0.05, 0) is 0 Å². The fourth-order valence-corrected chi connectivity index (χ4v) is 1.42. The monoisotopic (exact) mass is 420 g/mol. The van der Waals surface area contributed by atoms with Crippen LogP contribution in [-0.2, 0) is 10.1 Å². The van der Waals surface area contributed by atoms with Crippen LogP contribution in [0, 0.1) is 0 Å². The van der Waals surface area contributed by atoms with E-state index < -0.39 is 45.5 Å². The molecule has 0 rings (SSSR count). The second kappa shape index (κ2) is 6.79. The molecule has 134 valence electrons. The van der Waals surface area contributed by atoms with Gasteiger partial charge in [0, 0.05) is 0 Å². The van der Waals surface area contributed by atoms with Crippen LogP contribution in [0.2, 0.25) is 0 Å². The van der Waals surface area contributed by atoms with Crippen LogP contribution in [0.5, 0.6) is 0 Å². The quantitative estimate of drug-likeness (QED) is 0.356. The number of alkyl halides is 12. The molecule has 0 aliphatic rings. The zero-order valence-electron chi connectivity index (χ0n) is 10.2. The van der Waals surface area contributed by atoms with Gasteiger partial charge in [-0.15, -0.1) is 0 Å². The second-order valence-corrected chi connectivity index (χ2v) is 5.05. The normalized spacial score (nSPS) is 16.7. The molecule has 0 fully saturated rings. The average molecular weight is 420 g/mol. The Morgan fingerprint density at radius 2 is 1.00 bits per heavy atom. The van der Waals surface area contributed by atoms with Gasteiger partial charge in [0.05, 0.1) is 0 Å². The van der Waals surface area contributed by atoms with Gasteiger partial charge in [-0.1, -0.05) is 0 Å². The van der Waals surface area contributed by atoms with Crippen molar-refractivity contribution in [2.24, 2.45) is 0 Å². The van der Waals surface area contributed by atoms with E-state index in [4.69, 9.17) is 0 Å². The van der Waals surface area contributed by atoms with Crippen molar-refractivity contribution in [2.75, 3.05) is 0 Å². The van der Waals surface area contributed by atoms with Gasteiger partial charge in [0.15, 0.2) is 0 Å². The molecule has 0 saturated carbocycles. The fraction of sp³-hybridized carbons (Fsp3) is 1.00. The minimum atomic E-state index is -7.98. The first kappa shape index (κ1) is 25.9. The maximum Gasteiger partial charge on any atom is 1.00 e. The Morgan fingerprint density at radius 3 is 1.22 bits per heavy atom. The standard InChI is InChI=1S/C6H2F12O3S.K/c7-1(22(19,20)21)2(8,9)3(10,11)4(12,13)5(14,15)6(16,17)18;/h1H,(H,19,20,21);/q;+1/p-1. The maximum atomic E-state index is 12.7. The summed E-state index contributed by atoms with van der Waals surface area (Å²) in [6, 6.07) is 0. The Labute approximate surface area is 161 Å². The van der Waals surface area contributed by atoms with Crippen molar-refractivity contribution in [3.05, 3.63) is 0 Å². The Hall–Kier alpha value is 0.706. The molecule has 0 aliphatic carbocycles. The molecule has 0 spiro atoms. The molecule has 0 radical (unpaired) electrons. The predicted octanol–water partition coefficient (Wildman–Crippen LogP) is -0.0653. The van der Waals surface area contributed by atoms with Crippen LogP contribution in [-0.4, -0.2) is 48.3 Å². The molecule has 1 unspecified atom stereocenters. The summed E-state index contributed by atoms with van der Waals surface area (Å²) in [4.78, 5) is 0. The van der Waals surface area contributed by atoms with Crippen LogP contribution in [0.4, 0.5) is 52.7 Å². The topological polar surface area (TPSA) is 57.2 Å². The molecule has 0 aliphatic heterocycles. The van der Waals surface area contributed by atoms with Gasteiger partial charge in [0.2, 0.25) is 0 Å². The molecule has 3 nitrogen and oxygen atoms in total. The van der Waals surface area contributed by atoms with Crippen molar-refractivity contribution in [2.45, 2.75) is 35.4 Å². The number of hydrogen-bond donors (Lipinski definition) is 0. The molecular weight excluding hydrogens is 419 g/mol. The maximum absolute atomic E-state index is 12.7. The first-order chi connectivity index (χ1) is 9.15. The van der Waals surface area contributed by atoms with Gasteiger partial charge in [-0.2, -0.15) is 48.3 Å². The van der Waals surface area contributed by atoms with Gasteiger partial charge < -0.3 is 4.55 Å². The smallest absolute Gasteiger partial charge is 0.746 e. The Kier molecular flexibility index (Phi) is 7.65. The van der Waals surface area contributed by atoms with Crippen molar-refractivity contribution in [1.29, 1.82) is 0 Å². The average Bonchev–Trinajstić information content (AvgIpc) is 2.24. The summed E-state index contributed by atoms with van der Waals surface area (Å²) in [7, 11) is -7.09. The zero-order valence-corrected chi connectivity index (χ0v) is 14.2. The minimum Gasteiger partial charge on any atom is -0.746 e. The molecule has 1 atom stereocenters. The van der Waals surface area contributed by atoms with Gasteiger partial charge in [-0.3, -0.25) is 0 Å². The van der Waals surface area contributed by atoms with Crippen molar-refractivity contribution in [3.8, 4) is 0 Å². The molecule has 0 heterocycles. The molecule has 0 aromatic carbocycles. The van der Waals surface area contributed by atoms with Crippen molar-refractivity contribution in [1.82, 2.24) is 0 Å². The molecule has 0 amide bonds. The summed E-state index contributed by atoms with van der Waals surface area (Å²) in [6.07, 6.45) is -7.47. The summed E-state index contributed by atoms with van der Waals surface area (Å²) in [5.41, 5.74) is -5.70. The molecule has 23 heavy (non-hydrogen) atoms. The van der Waals surface area contributed by atoms with Crippen LogP contribution < -0.4 is 51.4 Å². The van der Waals surface area contributed by atoms with Crippen LogP contribution in [0.15, 0.2) is 0 Å². The number of rotatable bonds is 5. The summed E-state index contributed by atoms with van der Waals surface area (Å²) in [5, 5.41) is 0. The van der Waals surface area contributed by atoms with Gasteiger partial charge in [-0.25, -0.2) is 12.8 Å². The third-order valence-corrected chi connectivity index (χ3v) is 2.90. The molecular formula is C6HF12KO3S. The predicted molar refractivity (Wildman–Crippen MR) is 40.4 cm³/mol. The summed E-state index contributed by atoms with van der Waals surface area (Å²) < 4.78 is 177. The second-order valence-electron chi connectivity index (χ2n) is 3.65. The Balaban J connectivity index is 0. The molecule has 0 aromatic heterocycles. The third-order valence-electron chi connectivity index (χ3n) is 2.10. The summed E-state index contributed by atoms with van der Waals surface area (Å²) >= 11 is 0. The molecule has 0 aromatic rings. The van der Waals surface area contributed by atoms with E-state index in [-0.39, 0.29) is 51.4 Å².